The molecule has 1 aromatic rings. The molecule has 0 aliphatic rings. The molecule has 44 valence electrons. The Labute approximate surface area is 51.2 Å². The van der Waals surface area contributed by atoms with Crippen LogP contribution >= 0.6 is 0 Å². The Balaban J connectivity index is 3.05. The first-order chi connectivity index (χ1) is 4.52. The third-order valence-corrected chi connectivity index (χ3v) is 0.935. The molecule has 0 radical (unpaired) electrons. The summed E-state index contributed by atoms with van der Waals surface area (Å²) < 4.78 is 16.0. The molecule has 0 aromatic carbocycles. The molecule has 8 heavy (non-hydrogen) atoms. The van der Waals surface area contributed by atoms with Gasteiger partial charge in [0.1, 0.15) is 12.2 Å². The van der Waals surface area contributed by atoms with Crippen LogP contribution in [0.4, 0.5) is 0 Å². The van der Waals surface area contributed by atoms with Crippen molar-refractivity contribution in [3.63, 3.8) is 0 Å². The van der Waals surface area contributed by atoms with E-state index < -0.39 is 6.37 Å². The molecule has 0 aliphatic carbocycles. The fraction of sp³-hybridized carbons (Fsp3) is 0.600. The minimum atomic E-state index is -1.40. The van der Waals surface area contributed by atoms with Crippen molar-refractivity contribution in [3.8, 4) is 0 Å². The standard InChI is InChI=1S/C5H9N3/c1-3-5-6-4-7-8(5)2/h4H,3H2,1-2H3/i3D2. The molecule has 1 heterocycles. The molecule has 0 unspecified atom stereocenters. The topological polar surface area (TPSA) is 30.7 Å². The van der Waals surface area contributed by atoms with Crippen molar-refractivity contribution >= 4 is 0 Å². The summed E-state index contributed by atoms with van der Waals surface area (Å²) in [6.45, 7) is 1.46. The Morgan fingerprint density at radius 2 is 2.75 bits per heavy atom. The third-order valence-electron chi connectivity index (χ3n) is 0.935. The van der Waals surface area contributed by atoms with Gasteiger partial charge in [-0.1, -0.05) is 6.92 Å². The predicted octanol–water partition coefficient (Wildman–Crippen LogP) is 0.377. The number of aryl methyl sites for hydroxylation is 2. The average molecular weight is 113 g/mol. The molecule has 0 saturated heterocycles. The molecule has 0 N–H and O–H groups in total. The van der Waals surface area contributed by atoms with E-state index in [1.165, 1.54) is 17.9 Å². The summed E-state index contributed by atoms with van der Waals surface area (Å²) in [6, 6.07) is 0. The first-order valence-corrected chi connectivity index (χ1v) is 2.36. The summed E-state index contributed by atoms with van der Waals surface area (Å²) in [5.41, 5.74) is 0. The highest BCUT2D eigenvalue weighted by Gasteiger charge is 1.92. The number of hydrogen-bond donors (Lipinski definition) is 0. The zero-order chi connectivity index (χ0) is 7.78. The molecule has 0 aliphatic heterocycles. The van der Waals surface area contributed by atoms with Gasteiger partial charge in [-0.3, -0.25) is 4.68 Å². The van der Waals surface area contributed by atoms with E-state index in [2.05, 4.69) is 10.1 Å². The maximum absolute atomic E-state index is 7.27. The summed E-state index contributed by atoms with van der Waals surface area (Å²) in [4.78, 5) is 3.76. The fourth-order valence-electron chi connectivity index (χ4n) is 0.523. The van der Waals surface area contributed by atoms with E-state index >= 15 is 0 Å². The number of aromatic nitrogens is 3. The smallest absolute Gasteiger partial charge is 0.138 e. The van der Waals surface area contributed by atoms with E-state index in [0.29, 0.717) is 5.82 Å². The van der Waals surface area contributed by atoms with Crippen molar-refractivity contribution in [2.75, 3.05) is 0 Å². The van der Waals surface area contributed by atoms with E-state index in [1.807, 2.05) is 0 Å². The maximum Gasteiger partial charge on any atom is 0.138 e. The molecule has 0 atom stereocenters. The Bertz CT molecular complexity index is 225. The van der Waals surface area contributed by atoms with Crippen LogP contribution in [-0.4, -0.2) is 14.8 Å². The highest BCUT2D eigenvalue weighted by molar-refractivity contribution is 4.80. The molecular weight excluding hydrogens is 102 g/mol. The predicted molar refractivity (Wildman–Crippen MR) is 30.4 cm³/mol. The van der Waals surface area contributed by atoms with Crippen molar-refractivity contribution in [2.45, 2.75) is 13.3 Å². The summed E-state index contributed by atoms with van der Waals surface area (Å²) in [6.07, 6.45) is -0.0537. The van der Waals surface area contributed by atoms with Crippen molar-refractivity contribution < 1.29 is 2.74 Å². The molecule has 0 bridgehead atoms. The Hall–Kier alpha value is -0.860. The molecule has 0 saturated carbocycles. The molecule has 0 amide bonds. The van der Waals surface area contributed by atoms with Crippen LogP contribution in [0.5, 0.6) is 0 Å². The van der Waals surface area contributed by atoms with Gasteiger partial charge in [-0.25, -0.2) is 4.98 Å². The van der Waals surface area contributed by atoms with Gasteiger partial charge < -0.3 is 0 Å². The minimum absolute atomic E-state index is 0.354. The number of rotatable bonds is 1. The second-order valence-corrected chi connectivity index (χ2v) is 1.46. The van der Waals surface area contributed by atoms with E-state index in [1.54, 1.807) is 7.05 Å². The van der Waals surface area contributed by atoms with E-state index in [-0.39, 0.29) is 0 Å². The third kappa shape index (κ3) is 0.710. The van der Waals surface area contributed by atoms with E-state index in [9.17, 15) is 0 Å². The second kappa shape index (κ2) is 1.94. The van der Waals surface area contributed by atoms with Crippen LogP contribution in [0.2, 0.25) is 0 Å². The van der Waals surface area contributed by atoms with Crippen LogP contribution < -0.4 is 0 Å². The van der Waals surface area contributed by atoms with Crippen molar-refractivity contribution in [1.82, 2.24) is 14.8 Å². The minimum Gasteiger partial charge on any atom is -0.253 e. The SMILES string of the molecule is [2H]C([2H])(C)c1ncnn1C. The van der Waals surface area contributed by atoms with Gasteiger partial charge in [-0.15, -0.1) is 0 Å². The largest absolute Gasteiger partial charge is 0.253 e. The van der Waals surface area contributed by atoms with Crippen molar-refractivity contribution in [2.24, 2.45) is 7.05 Å². The lowest BCUT2D eigenvalue weighted by Gasteiger charge is -1.90. The van der Waals surface area contributed by atoms with Crippen LogP contribution in [0.1, 0.15) is 15.5 Å². The van der Waals surface area contributed by atoms with Gasteiger partial charge in [0.05, 0.1) is 0 Å². The normalized spacial score (nSPS) is 15.2. The van der Waals surface area contributed by atoms with Gasteiger partial charge in [-0.2, -0.15) is 5.10 Å². The Kier molecular flexibility index (Phi) is 0.782. The average Bonchev–Trinajstić information content (AvgIpc) is 2.11. The van der Waals surface area contributed by atoms with E-state index in [0.717, 1.165) is 0 Å². The van der Waals surface area contributed by atoms with Crippen molar-refractivity contribution in [1.29, 1.82) is 0 Å². The molecule has 1 rings (SSSR count). The summed E-state index contributed by atoms with van der Waals surface area (Å²) in [7, 11) is 1.67. The van der Waals surface area contributed by atoms with Crippen LogP contribution in [0.3, 0.4) is 0 Å². The van der Waals surface area contributed by atoms with Gasteiger partial charge in [0, 0.05) is 16.2 Å². The first kappa shape index (κ1) is 3.22. The van der Waals surface area contributed by atoms with Gasteiger partial charge in [-0.05, 0) is 0 Å². The molecular formula is C5H9N3. The van der Waals surface area contributed by atoms with Gasteiger partial charge in [0.15, 0.2) is 0 Å². The fourth-order valence-corrected chi connectivity index (χ4v) is 0.523. The van der Waals surface area contributed by atoms with Gasteiger partial charge >= 0.3 is 0 Å². The van der Waals surface area contributed by atoms with Crippen LogP contribution in [-0.2, 0) is 13.4 Å². The Morgan fingerprint density at radius 1 is 2.00 bits per heavy atom. The number of hydrogen-bond acceptors (Lipinski definition) is 2. The van der Waals surface area contributed by atoms with Crippen molar-refractivity contribution in [3.05, 3.63) is 12.2 Å². The van der Waals surface area contributed by atoms with Crippen LogP contribution in [0, 0.1) is 0 Å². The molecule has 1 aromatic heterocycles. The second-order valence-electron chi connectivity index (χ2n) is 1.46. The quantitative estimate of drug-likeness (QED) is 0.527. The van der Waals surface area contributed by atoms with E-state index in [4.69, 9.17) is 2.74 Å². The zero-order valence-electron chi connectivity index (χ0n) is 6.92. The maximum atomic E-state index is 7.27. The summed E-state index contributed by atoms with van der Waals surface area (Å²) in [5.74, 6) is 0.354. The van der Waals surface area contributed by atoms with Gasteiger partial charge in [0.2, 0.25) is 0 Å². The lowest BCUT2D eigenvalue weighted by Crippen LogP contribution is -1.96. The number of nitrogens with zero attached hydrogens (tertiary/aromatic N) is 3. The lowest BCUT2D eigenvalue weighted by molar-refractivity contribution is 0.709. The zero-order valence-corrected chi connectivity index (χ0v) is 4.92. The molecule has 3 nitrogen and oxygen atoms in total. The highest BCUT2D eigenvalue weighted by Crippen LogP contribution is 1.88. The highest BCUT2D eigenvalue weighted by atomic mass is 15.3. The van der Waals surface area contributed by atoms with Crippen LogP contribution in [0.25, 0.3) is 0 Å². The molecule has 0 spiro atoms. The lowest BCUT2D eigenvalue weighted by atomic mass is 10.5. The summed E-state index contributed by atoms with van der Waals surface area (Å²) in [5, 5.41) is 3.75. The monoisotopic (exact) mass is 113 g/mol. The first-order valence-electron chi connectivity index (χ1n) is 3.36. The Morgan fingerprint density at radius 3 is 3.00 bits per heavy atom. The van der Waals surface area contributed by atoms with Gasteiger partial charge in [0.25, 0.3) is 0 Å². The molecule has 3 heteroatoms. The summed E-state index contributed by atoms with van der Waals surface area (Å²) >= 11 is 0. The van der Waals surface area contributed by atoms with Crippen LogP contribution in [0.15, 0.2) is 6.33 Å². The molecule has 0 fully saturated rings.